The van der Waals surface area contributed by atoms with E-state index in [2.05, 4.69) is 35.2 Å². The summed E-state index contributed by atoms with van der Waals surface area (Å²) >= 11 is 0. The second-order valence-corrected chi connectivity index (χ2v) is 3.81. The molecule has 2 rings (SSSR count). The Hall–Kier alpha value is -1.59. The van der Waals surface area contributed by atoms with E-state index in [0.717, 1.165) is 31.6 Å². The first-order chi connectivity index (χ1) is 7.38. The van der Waals surface area contributed by atoms with Crippen LogP contribution in [0.4, 0.5) is 0 Å². The van der Waals surface area contributed by atoms with Gasteiger partial charge in [0.25, 0.3) is 0 Å². The van der Waals surface area contributed by atoms with Gasteiger partial charge < -0.3 is 0 Å². The molecular weight excluding hydrogens is 184 g/mol. The first kappa shape index (κ1) is 9.95. The fourth-order valence-corrected chi connectivity index (χ4v) is 1.80. The molecule has 1 aromatic rings. The van der Waals surface area contributed by atoms with Crippen LogP contribution in [0.15, 0.2) is 42.0 Å². The van der Waals surface area contributed by atoms with E-state index in [1.807, 2.05) is 12.1 Å². The minimum absolute atomic E-state index is 0.892. The van der Waals surface area contributed by atoms with Crippen LogP contribution in [0, 0.1) is 11.3 Å². The van der Waals surface area contributed by atoms with Gasteiger partial charge in [-0.25, -0.2) is 0 Å². The molecule has 0 saturated carbocycles. The van der Waals surface area contributed by atoms with Crippen molar-refractivity contribution < 1.29 is 0 Å². The molecule has 1 aromatic carbocycles. The van der Waals surface area contributed by atoms with Gasteiger partial charge in [0.2, 0.25) is 0 Å². The average Bonchev–Trinajstić information content (AvgIpc) is 2.31. The molecule has 0 atom stereocenters. The van der Waals surface area contributed by atoms with Crippen LogP contribution in [-0.2, 0) is 6.54 Å². The zero-order valence-corrected chi connectivity index (χ0v) is 8.69. The van der Waals surface area contributed by atoms with Gasteiger partial charge in [0.05, 0.1) is 6.07 Å². The van der Waals surface area contributed by atoms with E-state index < -0.39 is 0 Å². The zero-order valence-electron chi connectivity index (χ0n) is 8.69. The highest BCUT2D eigenvalue weighted by molar-refractivity contribution is 5.23. The van der Waals surface area contributed by atoms with Gasteiger partial charge >= 0.3 is 0 Å². The Bertz CT molecular complexity index is 387. The lowest BCUT2D eigenvalue weighted by molar-refractivity contribution is 0.288. The number of nitrogens with zero attached hydrogens (tertiary/aromatic N) is 2. The van der Waals surface area contributed by atoms with Crippen LogP contribution in [0.5, 0.6) is 0 Å². The van der Waals surface area contributed by atoms with Crippen LogP contribution in [0.1, 0.15) is 12.0 Å². The quantitative estimate of drug-likeness (QED) is 0.729. The van der Waals surface area contributed by atoms with Crippen LogP contribution >= 0.6 is 0 Å². The SMILES string of the molecule is N#CC1=CCN(Cc2ccccc2)CC1. The molecular formula is C13H14N2. The lowest BCUT2D eigenvalue weighted by Gasteiger charge is -2.24. The summed E-state index contributed by atoms with van der Waals surface area (Å²) < 4.78 is 0. The Balaban J connectivity index is 1.94. The number of benzene rings is 1. The predicted molar refractivity (Wildman–Crippen MR) is 60.0 cm³/mol. The largest absolute Gasteiger partial charge is 0.295 e. The maximum absolute atomic E-state index is 8.73. The number of hydrogen-bond donors (Lipinski definition) is 0. The van der Waals surface area contributed by atoms with Gasteiger partial charge in [-0.2, -0.15) is 5.26 Å². The Kier molecular flexibility index (Phi) is 3.16. The van der Waals surface area contributed by atoms with E-state index in [4.69, 9.17) is 5.26 Å². The molecule has 0 aliphatic carbocycles. The van der Waals surface area contributed by atoms with E-state index in [-0.39, 0.29) is 0 Å². The molecule has 1 aliphatic heterocycles. The van der Waals surface area contributed by atoms with Gasteiger partial charge in [0.15, 0.2) is 0 Å². The van der Waals surface area contributed by atoms with Crippen LogP contribution in [0.3, 0.4) is 0 Å². The first-order valence-electron chi connectivity index (χ1n) is 5.24. The van der Waals surface area contributed by atoms with Crippen LogP contribution < -0.4 is 0 Å². The Morgan fingerprint density at radius 1 is 1.27 bits per heavy atom. The van der Waals surface area contributed by atoms with Crippen molar-refractivity contribution in [3.8, 4) is 6.07 Å². The Morgan fingerprint density at radius 3 is 2.67 bits per heavy atom. The lowest BCUT2D eigenvalue weighted by atomic mass is 10.1. The minimum Gasteiger partial charge on any atom is -0.295 e. The minimum atomic E-state index is 0.892. The summed E-state index contributed by atoms with van der Waals surface area (Å²) in [5.41, 5.74) is 2.27. The fraction of sp³-hybridized carbons (Fsp3) is 0.308. The highest BCUT2D eigenvalue weighted by atomic mass is 15.1. The molecule has 1 heterocycles. The molecule has 2 nitrogen and oxygen atoms in total. The highest BCUT2D eigenvalue weighted by Gasteiger charge is 2.10. The zero-order chi connectivity index (χ0) is 10.5. The topological polar surface area (TPSA) is 27.0 Å². The highest BCUT2D eigenvalue weighted by Crippen LogP contribution is 2.12. The van der Waals surface area contributed by atoms with Gasteiger partial charge in [0.1, 0.15) is 0 Å². The fourth-order valence-electron chi connectivity index (χ4n) is 1.80. The molecule has 0 saturated heterocycles. The van der Waals surface area contributed by atoms with Gasteiger partial charge in [0, 0.05) is 25.2 Å². The normalized spacial score (nSPS) is 16.9. The van der Waals surface area contributed by atoms with Crippen molar-refractivity contribution in [2.75, 3.05) is 13.1 Å². The van der Waals surface area contributed by atoms with E-state index in [0.29, 0.717) is 0 Å². The smallest absolute Gasteiger partial charge is 0.0944 e. The summed E-state index contributed by atoms with van der Waals surface area (Å²) in [6.07, 6.45) is 2.93. The first-order valence-corrected chi connectivity index (χ1v) is 5.24. The van der Waals surface area contributed by atoms with E-state index in [1.165, 1.54) is 5.56 Å². The van der Waals surface area contributed by atoms with Crippen molar-refractivity contribution >= 4 is 0 Å². The maximum atomic E-state index is 8.73. The predicted octanol–water partition coefficient (Wildman–Crippen LogP) is 2.34. The van der Waals surface area contributed by atoms with Crippen LogP contribution in [0.2, 0.25) is 0 Å². The van der Waals surface area contributed by atoms with Crippen molar-refractivity contribution in [3.63, 3.8) is 0 Å². The molecule has 76 valence electrons. The van der Waals surface area contributed by atoms with E-state index in [9.17, 15) is 0 Å². The summed E-state index contributed by atoms with van der Waals surface area (Å²) in [5, 5.41) is 8.73. The molecule has 0 N–H and O–H groups in total. The summed E-state index contributed by atoms with van der Waals surface area (Å²) in [6, 6.07) is 12.7. The van der Waals surface area contributed by atoms with Crippen LogP contribution in [-0.4, -0.2) is 18.0 Å². The summed E-state index contributed by atoms with van der Waals surface area (Å²) in [6.45, 7) is 2.88. The molecule has 0 bridgehead atoms. The van der Waals surface area contributed by atoms with Gasteiger partial charge in [-0.05, 0) is 12.0 Å². The van der Waals surface area contributed by atoms with Gasteiger partial charge in [-0.15, -0.1) is 0 Å². The standard InChI is InChI=1S/C13H14N2/c14-10-12-6-8-15(9-7-12)11-13-4-2-1-3-5-13/h1-6H,7-9,11H2. The molecule has 0 amide bonds. The van der Waals surface area contributed by atoms with Crippen molar-refractivity contribution in [1.29, 1.82) is 5.26 Å². The number of rotatable bonds is 2. The van der Waals surface area contributed by atoms with E-state index in [1.54, 1.807) is 0 Å². The molecule has 1 aliphatic rings. The Labute approximate surface area is 90.4 Å². The molecule has 2 heteroatoms. The maximum Gasteiger partial charge on any atom is 0.0944 e. The van der Waals surface area contributed by atoms with Crippen molar-refractivity contribution in [2.24, 2.45) is 0 Å². The average molecular weight is 198 g/mol. The summed E-state index contributed by atoms with van der Waals surface area (Å²) in [7, 11) is 0. The molecule has 0 radical (unpaired) electrons. The molecule has 0 fully saturated rings. The third-order valence-electron chi connectivity index (χ3n) is 2.69. The molecule has 15 heavy (non-hydrogen) atoms. The summed E-state index contributed by atoms with van der Waals surface area (Å²) in [5.74, 6) is 0. The third-order valence-corrected chi connectivity index (χ3v) is 2.69. The van der Waals surface area contributed by atoms with Crippen LogP contribution in [0.25, 0.3) is 0 Å². The monoisotopic (exact) mass is 198 g/mol. The second-order valence-electron chi connectivity index (χ2n) is 3.81. The molecule has 0 spiro atoms. The molecule has 0 aromatic heterocycles. The van der Waals surface area contributed by atoms with Crippen molar-refractivity contribution in [3.05, 3.63) is 47.5 Å². The second kappa shape index (κ2) is 4.77. The summed E-state index contributed by atoms with van der Waals surface area (Å²) in [4.78, 5) is 2.36. The number of nitriles is 1. The van der Waals surface area contributed by atoms with Crippen molar-refractivity contribution in [1.82, 2.24) is 4.90 Å². The number of hydrogen-bond acceptors (Lipinski definition) is 2. The molecule has 0 unspecified atom stereocenters. The van der Waals surface area contributed by atoms with Gasteiger partial charge in [-0.3, -0.25) is 4.90 Å². The third kappa shape index (κ3) is 2.68. The Morgan fingerprint density at radius 2 is 2.07 bits per heavy atom. The van der Waals surface area contributed by atoms with E-state index >= 15 is 0 Å². The van der Waals surface area contributed by atoms with Gasteiger partial charge in [-0.1, -0.05) is 36.4 Å². The van der Waals surface area contributed by atoms with Crippen molar-refractivity contribution in [2.45, 2.75) is 13.0 Å². The lowest BCUT2D eigenvalue weighted by Crippen LogP contribution is -2.28.